The minimum Gasteiger partial charge on any atom is -0.0617 e. The van der Waals surface area contributed by atoms with Gasteiger partial charge in [0, 0.05) is 0 Å². The molecule has 0 aromatic rings. The Bertz CT molecular complexity index is 529. The number of fused-ring (bicyclic) bond motifs is 4. The second kappa shape index (κ2) is 1.55. The van der Waals surface area contributed by atoms with Gasteiger partial charge in [0.2, 0.25) is 0 Å². The van der Waals surface area contributed by atoms with Gasteiger partial charge in [0.15, 0.2) is 0 Å². The van der Waals surface area contributed by atoms with Crippen LogP contribution in [0.2, 0.25) is 0 Å². The lowest BCUT2D eigenvalue weighted by Gasteiger charge is -3.20. The maximum atomic E-state index is 2.71. The van der Waals surface area contributed by atoms with Crippen molar-refractivity contribution in [3.8, 4) is 0 Å². The van der Waals surface area contributed by atoms with Crippen molar-refractivity contribution in [1.82, 2.24) is 0 Å². The summed E-state index contributed by atoms with van der Waals surface area (Å²) < 4.78 is 0. The smallest absolute Gasteiger partial charge is 0.00970 e. The Morgan fingerprint density at radius 2 is 1.33 bits per heavy atom. The summed E-state index contributed by atoms with van der Waals surface area (Å²) in [6.45, 7) is 7.96. The molecular formula is C18H22. The highest BCUT2D eigenvalue weighted by molar-refractivity contribution is 5.63. The molecule has 18 heavy (non-hydrogen) atoms. The Morgan fingerprint density at radius 3 is 1.83 bits per heavy atom. The standard InChI is InChI=1S/C18H22/c1-6-11-13-9-4-8-5-10-14-12-7(2)15(6,3)17(11,12)18(13,14)16(8,9)10/h6-14H,4-5H2,1-3H3. The van der Waals surface area contributed by atoms with Crippen LogP contribution in [0, 0.1) is 74.9 Å². The lowest BCUT2D eigenvalue weighted by atomic mass is 8.83. The molecule has 0 saturated heterocycles. The maximum Gasteiger partial charge on any atom is -0.00970 e. The molecule has 8 fully saturated rings. The predicted octanol–water partition coefficient (Wildman–Crippen LogP) is 3.43. The van der Waals surface area contributed by atoms with Crippen molar-refractivity contribution in [2.24, 2.45) is 74.9 Å². The number of rotatable bonds is 0. The fraction of sp³-hybridized carbons (Fsp3) is 1.00. The molecular weight excluding hydrogens is 216 g/mol. The van der Waals surface area contributed by atoms with Crippen LogP contribution in [-0.4, -0.2) is 0 Å². The van der Waals surface area contributed by atoms with E-state index in [1.165, 1.54) is 41.4 Å². The van der Waals surface area contributed by atoms with E-state index in [9.17, 15) is 0 Å². The highest BCUT2D eigenvalue weighted by Gasteiger charge is 3.17. The predicted molar refractivity (Wildman–Crippen MR) is 67.4 cm³/mol. The highest BCUT2D eigenvalue weighted by atomic mass is 15.2. The van der Waals surface area contributed by atoms with Crippen molar-refractivity contribution in [2.45, 2.75) is 33.6 Å². The van der Waals surface area contributed by atoms with Gasteiger partial charge in [-0.2, -0.15) is 0 Å². The summed E-state index contributed by atoms with van der Waals surface area (Å²) in [6, 6.07) is 0. The topological polar surface area (TPSA) is 0 Å². The Balaban J connectivity index is 1.45. The summed E-state index contributed by atoms with van der Waals surface area (Å²) in [6.07, 6.45) is 3.34. The highest BCUT2D eigenvalue weighted by Crippen LogP contribution is 3.20. The molecule has 0 aromatic heterocycles. The van der Waals surface area contributed by atoms with Crippen LogP contribution in [0.5, 0.6) is 0 Å². The average molecular weight is 238 g/mol. The molecule has 8 unspecified atom stereocenters. The molecule has 0 nitrogen and oxygen atoms in total. The molecule has 0 bridgehead atoms. The normalized spacial score (nSPS) is 99.8. The quantitative estimate of drug-likeness (QED) is 0.606. The van der Waals surface area contributed by atoms with E-state index in [-0.39, 0.29) is 0 Å². The van der Waals surface area contributed by atoms with E-state index in [1.807, 2.05) is 0 Å². The van der Waals surface area contributed by atoms with Gasteiger partial charge in [-0.05, 0) is 87.8 Å². The molecule has 94 valence electrons. The first-order valence-electron chi connectivity index (χ1n) is 8.64. The fourth-order valence-corrected chi connectivity index (χ4v) is 12.6. The van der Waals surface area contributed by atoms with Crippen molar-refractivity contribution in [2.75, 3.05) is 0 Å². The molecule has 0 aliphatic heterocycles. The van der Waals surface area contributed by atoms with E-state index < -0.39 is 0 Å². The van der Waals surface area contributed by atoms with Gasteiger partial charge in [-0.15, -0.1) is 0 Å². The van der Waals surface area contributed by atoms with Crippen molar-refractivity contribution in [3.63, 3.8) is 0 Å². The minimum atomic E-state index is 0.801. The zero-order valence-corrected chi connectivity index (χ0v) is 11.6. The molecule has 8 aliphatic rings. The van der Waals surface area contributed by atoms with E-state index in [0.717, 1.165) is 33.5 Å². The third-order valence-electron chi connectivity index (χ3n) is 12.0. The fourth-order valence-electron chi connectivity index (χ4n) is 12.6. The molecule has 0 amide bonds. The van der Waals surface area contributed by atoms with Crippen LogP contribution in [0.3, 0.4) is 0 Å². The van der Waals surface area contributed by atoms with Gasteiger partial charge in [-0.3, -0.25) is 0 Å². The summed E-state index contributed by atoms with van der Waals surface area (Å²) in [7, 11) is 0. The maximum absolute atomic E-state index is 2.71. The Labute approximate surface area is 109 Å². The van der Waals surface area contributed by atoms with Crippen molar-refractivity contribution in [3.05, 3.63) is 0 Å². The molecule has 0 heteroatoms. The van der Waals surface area contributed by atoms with E-state index in [1.54, 1.807) is 12.8 Å². The van der Waals surface area contributed by atoms with Crippen molar-refractivity contribution in [1.29, 1.82) is 0 Å². The van der Waals surface area contributed by atoms with Gasteiger partial charge >= 0.3 is 0 Å². The van der Waals surface area contributed by atoms with Crippen molar-refractivity contribution < 1.29 is 0 Å². The van der Waals surface area contributed by atoms with Gasteiger partial charge in [0.1, 0.15) is 0 Å². The number of hydrogen-bond donors (Lipinski definition) is 0. The van der Waals surface area contributed by atoms with E-state index in [4.69, 9.17) is 0 Å². The summed E-state index contributed by atoms with van der Waals surface area (Å²) in [5.74, 6) is 10.9. The van der Waals surface area contributed by atoms with Gasteiger partial charge in [0.25, 0.3) is 0 Å². The van der Waals surface area contributed by atoms with Crippen molar-refractivity contribution >= 4 is 0 Å². The first-order chi connectivity index (χ1) is 8.64. The van der Waals surface area contributed by atoms with Crippen LogP contribution in [0.1, 0.15) is 33.6 Å². The first kappa shape index (κ1) is 8.32. The van der Waals surface area contributed by atoms with E-state index in [0.29, 0.717) is 0 Å². The second-order valence-electron chi connectivity index (χ2n) is 10.0. The molecule has 8 saturated carbocycles. The van der Waals surface area contributed by atoms with Crippen LogP contribution in [0.15, 0.2) is 0 Å². The van der Waals surface area contributed by atoms with Crippen LogP contribution in [0.4, 0.5) is 0 Å². The summed E-state index contributed by atoms with van der Waals surface area (Å²) in [5.41, 5.74) is 3.80. The average Bonchev–Trinajstić information content (AvgIpc) is 2.29. The molecule has 8 atom stereocenters. The lowest BCUT2D eigenvalue weighted by molar-refractivity contribution is -0.741. The van der Waals surface area contributed by atoms with Crippen LogP contribution < -0.4 is 0 Å². The largest absolute Gasteiger partial charge is 0.0617 e. The second-order valence-corrected chi connectivity index (χ2v) is 10.0. The Kier molecular flexibility index (Phi) is 0.716. The van der Waals surface area contributed by atoms with Gasteiger partial charge in [0.05, 0.1) is 0 Å². The molecule has 0 aromatic carbocycles. The zero-order chi connectivity index (χ0) is 11.6. The Morgan fingerprint density at radius 1 is 0.778 bits per heavy atom. The summed E-state index contributed by atoms with van der Waals surface area (Å²) in [5, 5.41) is 0. The Hall–Kier alpha value is 0. The molecule has 3 spiro atoms. The molecule has 0 N–H and O–H groups in total. The molecule has 0 heterocycles. The summed E-state index contributed by atoms with van der Waals surface area (Å²) in [4.78, 5) is 0. The number of hydrogen-bond acceptors (Lipinski definition) is 0. The summed E-state index contributed by atoms with van der Waals surface area (Å²) >= 11 is 0. The van der Waals surface area contributed by atoms with Gasteiger partial charge in [-0.1, -0.05) is 20.8 Å². The zero-order valence-electron chi connectivity index (χ0n) is 11.6. The van der Waals surface area contributed by atoms with E-state index in [2.05, 4.69) is 20.8 Å². The molecule has 8 rings (SSSR count). The third kappa shape index (κ3) is 0.282. The van der Waals surface area contributed by atoms with Crippen LogP contribution >= 0.6 is 0 Å². The SMILES string of the molecule is CC1C2C3C4CC5CC6C7C8C(C)C1(C)C28C37C546. The molecule has 0 radical (unpaired) electrons. The third-order valence-corrected chi connectivity index (χ3v) is 12.0. The minimum absolute atomic E-state index is 0.801. The first-order valence-corrected chi connectivity index (χ1v) is 8.64. The van der Waals surface area contributed by atoms with Gasteiger partial charge < -0.3 is 0 Å². The van der Waals surface area contributed by atoms with Gasteiger partial charge in [-0.25, -0.2) is 0 Å². The van der Waals surface area contributed by atoms with E-state index >= 15 is 0 Å². The lowest BCUT2D eigenvalue weighted by Crippen LogP contribution is -3.17. The van der Waals surface area contributed by atoms with Crippen LogP contribution in [0.25, 0.3) is 0 Å². The van der Waals surface area contributed by atoms with Crippen LogP contribution in [-0.2, 0) is 0 Å². The molecule has 8 aliphatic carbocycles. The monoisotopic (exact) mass is 238 g/mol.